The number of primary amides is 1. The molecule has 0 unspecified atom stereocenters. The Balaban J connectivity index is 3.44. The van der Waals surface area contributed by atoms with Crippen molar-refractivity contribution in [1.29, 1.82) is 0 Å². The molecule has 14 heavy (non-hydrogen) atoms. The molecule has 1 aromatic heterocycles. The number of hydrogen-bond donors (Lipinski definition) is 1. The van der Waals surface area contributed by atoms with E-state index in [-0.39, 0.29) is 10.0 Å². The summed E-state index contributed by atoms with van der Waals surface area (Å²) in [5.41, 5.74) is 4.11. The van der Waals surface area contributed by atoms with Gasteiger partial charge in [0, 0.05) is 4.47 Å². The molecule has 0 saturated heterocycles. The van der Waals surface area contributed by atoms with E-state index in [9.17, 15) is 13.6 Å². The van der Waals surface area contributed by atoms with Crippen LogP contribution in [0.1, 0.15) is 22.5 Å². The molecule has 1 heterocycles. The lowest BCUT2D eigenvalue weighted by molar-refractivity contribution is 0.0982. The van der Waals surface area contributed by atoms with Crippen molar-refractivity contribution in [1.82, 2.24) is 4.98 Å². The molecule has 1 aromatic rings. The van der Waals surface area contributed by atoms with E-state index in [1.165, 1.54) is 6.07 Å². The fourth-order valence-corrected chi connectivity index (χ4v) is 2.52. The van der Waals surface area contributed by atoms with E-state index >= 15 is 0 Å². The molecule has 3 nitrogen and oxygen atoms in total. The van der Waals surface area contributed by atoms with Crippen molar-refractivity contribution in [3.8, 4) is 0 Å². The van der Waals surface area contributed by atoms with Gasteiger partial charge < -0.3 is 5.73 Å². The molecule has 2 N–H and O–H groups in total. The van der Waals surface area contributed by atoms with Gasteiger partial charge in [-0.1, -0.05) is 0 Å². The fourth-order valence-electron chi connectivity index (χ4n) is 0.904. The number of amides is 1. The zero-order valence-electron chi connectivity index (χ0n) is 6.60. The second-order valence-corrected chi connectivity index (χ2v) is 4.31. The molecule has 1 rings (SSSR count). The van der Waals surface area contributed by atoms with Gasteiger partial charge in [-0.2, -0.15) is 0 Å². The molecule has 76 valence electrons. The molecule has 7 heteroatoms. The second kappa shape index (κ2) is 4.47. The number of rotatable bonds is 2. The van der Waals surface area contributed by atoms with Crippen LogP contribution in [0.25, 0.3) is 0 Å². The zero-order valence-corrected chi connectivity index (χ0v) is 10.3. The van der Waals surface area contributed by atoms with Crippen LogP contribution in [0.15, 0.2) is 10.5 Å². The zero-order chi connectivity index (χ0) is 10.9. The first kappa shape index (κ1) is 11.8. The number of hydrogen-bond acceptors (Lipinski definition) is 2. The SMILES string of the molecule is NC(=O)c1c(Br)cc(I)nc1C(F)F. The summed E-state index contributed by atoms with van der Waals surface area (Å²) in [5, 5.41) is 0. The van der Waals surface area contributed by atoms with Gasteiger partial charge in [0.05, 0.1) is 5.56 Å². The minimum atomic E-state index is -2.82. The molecule has 0 atom stereocenters. The van der Waals surface area contributed by atoms with Crippen LogP contribution in [-0.4, -0.2) is 10.9 Å². The van der Waals surface area contributed by atoms with Gasteiger partial charge in [-0.3, -0.25) is 4.79 Å². The lowest BCUT2D eigenvalue weighted by Crippen LogP contribution is -2.16. The first-order valence-corrected chi connectivity index (χ1v) is 5.24. The van der Waals surface area contributed by atoms with E-state index in [0.29, 0.717) is 3.70 Å². The van der Waals surface area contributed by atoms with Crippen molar-refractivity contribution in [3.05, 3.63) is 25.5 Å². The molecule has 0 spiro atoms. The molecule has 0 aliphatic carbocycles. The fraction of sp³-hybridized carbons (Fsp3) is 0.143. The Labute approximate surface area is 100 Å². The molecule has 0 aromatic carbocycles. The smallest absolute Gasteiger partial charge is 0.281 e. The van der Waals surface area contributed by atoms with E-state index in [4.69, 9.17) is 5.73 Å². The molecule has 0 bridgehead atoms. The summed E-state index contributed by atoms with van der Waals surface area (Å²) in [7, 11) is 0. The number of aromatic nitrogens is 1. The van der Waals surface area contributed by atoms with Gasteiger partial charge in [0.2, 0.25) is 0 Å². The molecule has 0 fully saturated rings. The number of carbonyl (C=O) groups excluding carboxylic acids is 1. The number of pyridine rings is 1. The summed E-state index contributed by atoms with van der Waals surface area (Å²) >= 11 is 4.77. The summed E-state index contributed by atoms with van der Waals surface area (Å²) in [4.78, 5) is 14.4. The lowest BCUT2D eigenvalue weighted by Gasteiger charge is -2.07. The molecule has 0 saturated carbocycles. The quantitative estimate of drug-likeness (QED) is 0.636. The number of nitrogens with zero attached hydrogens (tertiary/aromatic N) is 1. The van der Waals surface area contributed by atoms with Crippen molar-refractivity contribution < 1.29 is 13.6 Å². The van der Waals surface area contributed by atoms with Gasteiger partial charge in [0.25, 0.3) is 12.3 Å². The summed E-state index contributed by atoms with van der Waals surface area (Å²) < 4.78 is 25.5. The highest BCUT2D eigenvalue weighted by molar-refractivity contribution is 14.1. The minimum Gasteiger partial charge on any atom is -0.366 e. The van der Waals surface area contributed by atoms with E-state index < -0.39 is 18.0 Å². The number of carbonyl (C=O) groups is 1. The predicted octanol–water partition coefficient (Wildman–Crippen LogP) is 2.49. The highest BCUT2D eigenvalue weighted by Gasteiger charge is 2.21. The summed E-state index contributed by atoms with van der Waals surface area (Å²) in [6, 6.07) is 1.45. The van der Waals surface area contributed by atoms with Crippen LogP contribution in [0.2, 0.25) is 0 Å². The number of nitrogens with two attached hydrogens (primary N) is 1. The van der Waals surface area contributed by atoms with Crippen molar-refractivity contribution in [3.63, 3.8) is 0 Å². The third-order valence-electron chi connectivity index (χ3n) is 1.42. The normalized spacial score (nSPS) is 10.6. The maximum absolute atomic E-state index is 12.5. The summed E-state index contributed by atoms with van der Waals surface area (Å²) in [6.45, 7) is 0. The van der Waals surface area contributed by atoms with Gasteiger partial charge in [-0.25, -0.2) is 13.8 Å². The van der Waals surface area contributed by atoms with Crippen LogP contribution < -0.4 is 5.73 Å². The van der Waals surface area contributed by atoms with Crippen LogP contribution >= 0.6 is 38.5 Å². The van der Waals surface area contributed by atoms with Crippen LogP contribution in [0.5, 0.6) is 0 Å². The predicted molar refractivity (Wildman–Crippen MR) is 58.1 cm³/mol. The summed E-state index contributed by atoms with van der Waals surface area (Å²) in [5.74, 6) is -0.920. The maximum Gasteiger partial charge on any atom is 0.281 e. The topological polar surface area (TPSA) is 56.0 Å². The van der Waals surface area contributed by atoms with E-state index in [1.807, 2.05) is 0 Å². The Morgan fingerprint density at radius 1 is 1.64 bits per heavy atom. The van der Waals surface area contributed by atoms with Crippen LogP contribution in [0, 0.1) is 3.70 Å². The molecule has 0 aliphatic heterocycles. The van der Waals surface area contributed by atoms with Gasteiger partial charge in [0.1, 0.15) is 9.39 Å². The summed E-state index contributed by atoms with van der Waals surface area (Å²) in [6.07, 6.45) is -2.82. The monoisotopic (exact) mass is 376 g/mol. The van der Waals surface area contributed by atoms with Gasteiger partial charge in [-0.05, 0) is 44.6 Å². The van der Waals surface area contributed by atoms with E-state index in [2.05, 4.69) is 20.9 Å². The molecule has 0 radical (unpaired) electrons. The Morgan fingerprint density at radius 3 is 2.64 bits per heavy atom. The third-order valence-corrected chi connectivity index (χ3v) is 2.60. The average molecular weight is 377 g/mol. The first-order valence-electron chi connectivity index (χ1n) is 3.37. The van der Waals surface area contributed by atoms with Gasteiger partial charge in [-0.15, -0.1) is 0 Å². The van der Waals surface area contributed by atoms with Crippen molar-refractivity contribution in [2.75, 3.05) is 0 Å². The maximum atomic E-state index is 12.5. The van der Waals surface area contributed by atoms with Crippen molar-refractivity contribution in [2.24, 2.45) is 5.73 Å². The molecular formula is C7H4BrF2IN2O. The largest absolute Gasteiger partial charge is 0.366 e. The standard InChI is InChI=1S/C7H4BrF2IN2O/c8-2-1-3(11)13-5(6(9)10)4(2)7(12)14/h1,6H,(H2,12,14). The third kappa shape index (κ3) is 2.38. The Morgan fingerprint density at radius 2 is 2.21 bits per heavy atom. The van der Waals surface area contributed by atoms with Gasteiger partial charge in [0.15, 0.2) is 0 Å². The highest BCUT2D eigenvalue weighted by Crippen LogP contribution is 2.27. The number of halogens is 4. The minimum absolute atomic E-state index is 0.236. The van der Waals surface area contributed by atoms with Crippen LogP contribution in [-0.2, 0) is 0 Å². The van der Waals surface area contributed by atoms with Crippen LogP contribution in [0.3, 0.4) is 0 Å². The Bertz CT molecular complexity index is 386. The molecular weight excluding hydrogens is 373 g/mol. The van der Waals surface area contributed by atoms with Gasteiger partial charge >= 0.3 is 0 Å². The molecule has 0 aliphatic rings. The second-order valence-electron chi connectivity index (χ2n) is 2.35. The van der Waals surface area contributed by atoms with Crippen molar-refractivity contribution in [2.45, 2.75) is 6.43 Å². The lowest BCUT2D eigenvalue weighted by atomic mass is 10.2. The Hall–Kier alpha value is -0.310. The number of alkyl halides is 2. The average Bonchev–Trinajstić information content (AvgIpc) is 2.01. The molecule has 1 amide bonds. The van der Waals surface area contributed by atoms with Crippen molar-refractivity contribution >= 4 is 44.4 Å². The van der Waals surface area contributed by atoms with Crippen LogP contribution in [0.4, 0.5) is 8.78 Å². The van der Waals surface area contributed by atoms with E-state index in [0.717, 1.165) is 0 Å². The highest BCUT2D eigenvalue weighted by atomic mass is 127. The Kier molecular flexibility index (Phi) is 3.76. The van der Waals surface area contributed by atoms with E-state index in [1.54, 1.807) is 22.6 Å². The first-order chi connectivity index (χ1) is 6.43.